The number of ether oxygens (including phenoxy) is 1. The van der Waals surface area contributed by atoms with Gasteiger partial charge in [0.05, 0.1) is 35.9 Å². The van der Waals surface area contributed by atoms with E-state index in [1.165, 1.54) is 0 Å². The normalized spacial score (nSPS) is 15.5. The van der Waals surface area contributed by atoms with E-state index in [2.05, 4.69) is 22.5 Å². The fourth-order valence-corrected chi connectivity index (χ4v) is 4.05. The van der Waals surface area contributed by atoms with Gasteiger partial charge in [-0.3, -0.25) is 9.78 Å². The molecule has 148 valence electrons. The van der Waals surface area contributed by atoms with Crippen molar-refractivity contribution in [1.29, 1.82) is 0 Å². The van der Waals surface area contributed by atoms with Crippen LogP contribution in [-0.4, -0.2) is 51.6 Å². The SMILES string of the molecule is CCCc1nc2cnc3ccccc3c2n1CC(C)(C)C(=O)N1CCOCC1. The summed E-state index contributed by atoms with van der Waals surface area (Å²) >= 11 is 0. The maximum Gasteiger partial charge on any atom is 0.230 e. The van der Waals surface area contributed by atoms with Gasteiger partial charge in [0.1, 0.15) is 11.3 Å². The molecule has 0 spiro atoms. The highest BCUT2D eigenvalue weighted by atomic mass is 16.5. The third kappa shape index (κ3) is 3.37. The molecule has 0 radical (unpaired) electrons. The van der Waals surface area contributed by atoms with Crippen LogP contribution in [0.15, 0.2) is 30.5 Å². The highest BCUT2D eigenvalue weighted by molar-refractivity contribution is 6.02. The van der Waals surface area contributed by atoms with Gasteiger partial charge in [0, 0.05) is 31.4 Å². The maximum absolute atomic E-state index is 13.2. The van der Waals surface area contributed by atoms with E-state index < -0.39 is 5.41 Å². The third-order valence-corrected chi connectivity index (χ3v) is 5.46. The van der Waals surface area contributed by atoms with E-state index in [1.54, 1.807) is 0 Å². The van der Waals surface area contributed by atoms with Crippen LogP contribution in [0.1, 0.15) is 33.0 Å². The molecule has 3 heterocycles. The summed E-state index contributed by atoms with van der Waals surface area (Å²) in [4.78, 5) is 24.6. The zero-order chi connectivity index (χ0) is 19.7. The van der Waals surface area contributed by atoms with E-state index >= 15 is 0 Å². The lowest BCUT2D eigenvalue weighted by Crippen LogP contribution is -2.48. The number of nitrogens with zero attached hydrogens (tertiary/aromatic N) is 4. The molecule has 0 saturated carbocycles. The van der Waals surface area contributed by atoms with E-state index in [9.17, 15) is 4.79 Å². The van der Waals surface area contributed by atoms with Crippen molar-refractivity contribution in [2.24, 2.45) is 5.41 Å². The van der Waals surface area contributed by atoms with E-state index in [-0.39, 0.29) is 5.91 Å². The van der Waals surface area contributed by atoms with Crippen molar-refractivity contribution in [3.8, 4) is 0 Å². The molecular formula is C22H28N4O2. The molecule has 1 aliphatic heterocycles. The van der Waals surface area contributed by atoms with Crippen LogP contribution < -0.4 is 0 Å². The Hall–Kier alpha value is -2.47. The molecule has 2 aromatic heterocycles. The molecule has 1 amide bonds. The average Bonchev–Trinajstić information content (AvgIpc) is 3.05. The molecule has 0 aliphatic carbocycles. The quantitative estimate of drug-likeness (QED) is 0.680. The molecule has 28 heavy (non-hydrogen) atoms. The monoisotopic (exact) mass is 380 g/mol. The summed E-state index contributed by atoms with van der Waals surface area (Å²) in [5.74, 6) is 1.21. The van der Waals surface area contributed by atoms with Crippen LogP contribution in [0.2, 0.25) is 0 Å². The highest BCUT2D eigenvalue weighted by Gasteiger charge is 2.34. The number of aromatic nitrogens is 3. The number of aryl methyl sites for hydroxylation is 1. The van der Waals surface area contributed by atoms with Crippen LogP contribution in [-0.2, 0) is 22.5 Å². The van der Waals surface area contributed by atoms with Gasteiger partial charge in [-0.15, -0.1) is 0 Å². The van der Waals surface area contributed by atoms with Gasteiger partial charge in [0.25, 0.3) is 0 Å². The van der Waals surface area contributed by atoms with E-state index in [0.29, 0.717) is 32.8 Å². The molecule has 4 rings (SSSR count). The van der Waals surface area contributed by atoms with Gasteiger partial charge in [0.2, 0.25) is 5.91 Å². The first-order chi connectivity index (χ1) is 13.5. The Morgan fingerprint density at radius 1 is 1.18 bits per heavy atom. The van der Waals surface area contributed by atoms with Gasteiger partial charge in [-0.1, -0.05) is 25.1 Å². The first-order valence-corrected chi connectivity index (χ1v) is 10.1. The number of fused-ring (bicyclic) bond motifs is 3. The molecule has 1 aliphatic rings. The largest absolute Gasteiger partial charge is 0.378 e. The van der Waals surface area contributed by atoms with Gasteiger partial charge in [-0.25, -0.2) is 4.98 Å². The molecule has 6 heteroatoms. The molecule has 1 aromatic carbocycles. The number of hydrogen-bond donors (Lipinski definition) is 0. The highest BCUT2D eigenvalue weighted by Crippen LogP contribution is 2.30. The van der Waals surface area contributed by atoms with E-state index in [4.69, 9.17) is 9.72 Å². The second-order valence-corrected chi connectivity index (χ2v) is 8.16. The lowest BCUT2D eigenvalue weighted by molar-refractivity contribution is -0.145. The summed E-state index contributed by atoms with van der Waals surface area (Å²) in [6, 6.07) is 8.15. The minimum absolute atomic E-state index is 0.179. The second kappa shape index (κ2) is 7.51. The number of imidazole rings is 1. The Morgan fingerprint density at radius 3 is 2.68 bits per heavy atom. The van der Waals surface area contributed by atoms with Crippen molar-refractivity contribution in [3.05, 3.63) is 36.3 Å². The fourth-order valence-electron chi connectivity index (χ4n) is 4.05. The molecule has 3 aromatic rings. The van der Waals surface area contributed by atoms with Crippen LogP contribution in [0.5, 0.6) is 0 Å². The Kier molecular flexibility index (Phi) is 5.06. The van der Waals surface area contributed by atoms with Gasteiger partial charge in [-0.2, -0.15) is 0 Å². The fraction of sp³-hybridized carbons (Fsp3) is 0.500. The van der Waals surface area contributed by atoms with Crippen LogP contribution in [0.4, 0.5) is 0 Å². The minimum atomic E-state index is -0.530. The third-order valence-electron chi connectivity index (χ3n) is 5.46. The van der Waals surface area contributed by atoms with Crippen molar-refractivity contribution < 1.29 is 9.53 Å². The average molecular weight is 380 g/mol. The number of morpholine rings is 1. The Labute approximate surface area is 165 Å². The van der Waals surface area contributed by atoms with Crippen molar-refractivity contribution in [2.75, 3.05) is 26.3 Å². The topological polar surface area (TPSA) is 60.2 Å². The number of hydrogen-bond acceptors (Lipinski definition) is 4. The summed E-state index contributed by atoms with van der Waals surface area (Å²) in [5.41, 5.74) is 2.41. The van der Waals surface area contributed by atoms with Gasteiger partial charge >= 0.3 is 0 Å². The number of para-hydroxylation sites is 1. The molecule has 0 N–H and O–H groups in total. The van der Waals surface area contributed by atoms with Crippen molar-refractivity contribution in [3.63, 3.8) is 0 Å². The zero-order valence-electron chi connectivity index (χ0n) is 16.9. The van der Waals surface area contributed by atoms with Crippen LogP contribution in [0, 0.1) is 5.41 Å². The zero-order valence-corrected chi connectivity index (χ0v) is 16.9. The number of amides is 1. The molecule has 1 fully saturated rings. The molecule has 0 unspecified atom stereocenters. The van der Waals surface area contributed by atoms with Crippen LogP contribution in [0.3, 0.4) is 0 Å². The van der Waals surface area contributed by atoms with Crippen LogP contribution >= 0.6 is 0 Å². The summed E-state index contributed by atoms with van der Waals surface area (Å²) in [7, 11) is 0. The summed E-state index contributed by atoms with van der Waals surface area (Å²) in [6.07, 6.45) is 3.74. The van der Waals surface area contributed by atoms with Gasteiger partial charge in [0.15, 0.2) is 0 Å². The predicted molar refractivity (Wildman–Crippen MR) is 110 cm³/mol. The predicted octanol–water partition coefficient (Wildman–Crippen LogP) is 3.42. The van der Waals surface area contributed by atoms with Gasteiger partial charge in [-0.05, 0) is 26.3 Å². The number of carbonyl (C=O) groups excluding carboxylic acids is 1. The van der Waals surface area contributed by atoms with E-state index in [1.807, 2.05) is 43.1 Å². The van der Waals surface area contributed by atoms with Crippen LogP contribution in [0.25, 0.3) is 21.9 Å². The lowest BCUT2D eigenvalue weighted by Gasteiger charge is -2.34. The number of carbonyl (C=O) groups is 1. The Balaban J connectivity index is 1.78. The van der Waals surface area contributed by atoms with Crippen molar-refractivity contribution in [2.45, 2.75) is 40.2 Å². The molecule has 1 saturated heterocycles. The standard InChI is InChI=1S/C22H28N4O2/c1-4-7-19-24-18-14-23-17-9-6-5-8-16(17)20(18)26(19)15-22(2,3)21(27)25-10-12-28-13-11-25/h5-6,8-9,14H,4,7,10-13,15H2,1-3H3. The summed E-state index contributed by atoms with van der Waals surface area (Å²) in [5, 5.41) is 1.09. The molecule has 0 bridgehead atoms. The van der Waals surface area contributed by atoms with Crippen molar-refractivity contribution >= 4 is 27.8 Å². The summed E-state index contributed by atoms with van der Waals surface area (Å²) in [6.45, 7) is 9.40. The number of rotatable bonds is 5. The first kappa shape index (κ1) is 18.9. The lowest BCUT2D eigenvalue weighted by atomic mass is 9.90. The Bertz CT molecular complexity index is 1000. The Morgan fingerprint density at radius 2 is 1.93 bits per heavy atom. The molecular weight excluding hydrogens is 352 g/mol. The van der Waals surface area contributed by atoms with Gasteiger partial charge < -0.3 is 14.2 Å². The molecule has 0 atom stereocenters. The summed E-state index contributed by atoms with van der Waals surface area (Å²) < 4.78 is 7.66. The molecule has 6 nitrogen and oxygen atoms in total. The minimum Gasteiger partial charge on any atom is -0.378 e. The van der Waals surface area contributed by atoms with E-state index in [0.717, 1.165) is 40.6 Å². The maximum atomic E-state index is 13.2. The smallest absolute Gasteiger partial charge is 0.230 e. The number of pyridine rings is 1. The first-order valence-electron chi connectivity index (χ1n) is 10.1. The second-order valence-electron chi connectivity index (χ2n) is 8.16. The number of benzene rings is 1. The van der Waals surface area contributed by atoms with Crippen molar-refractivity contribution in [1.82, 2.24) is 19.4 Å².